The van der Waals surface area contributed by atoms with Crippen molar-refractivity contribution in [3.8, 4) is 0 Å². The molecule has 1 fully saturated rings. The standard InChI is InChI=1S/C27H42N6O2Si/c1-17(34)21-14-13-20-24(31-32(8)25(20)28-21)29-23-16-22(30-33(23)26(2,3)4)18-11-12-19(15-18)35-36(9,10)27(5,6)7/h13-14,16,18-19H,11-12,15H2,1-10H3,(H,29,31)/t18-,19+/m0/s1. The summed E-state index contributed by atoms with van der Waals surface area (Å²) in [5, 5.41) is 14.3. The first-order valence-electron chi connectivity index (χ1n) is 13.0. The molecule has 196 valence electrons. The lowest BCUT2D eigenvalue weighted by Crippen LogP contribution is -2.43. The van der Waals surface area contributed by atoms with Crippen LogP contribution in [-0.4, -0.2) is 44.7 Å². The van der Waals surface area contributed by atoms with Crippen LogP contribution in [0.2, 0.25) is 18.1 Å². The third kappa shape index (κ3) is 5.13. The smallest absolute Gasteiger partial charge is 0.192 e. The highest BCUT2D eigenvalue weighted by atomic mass is 28.4. The number of anilines is 2. The van der Waals surface area contributed by atoms with Gasteiger partial charge in [-0.1, -0.05) is 20.8 Å². The number of aryl methyl sites for hydroxylation is 1. The number of nitrogens with one attached hydrogen (secondary N) is 1. The van der Waals surface area contributed by atoms with E-state index in [0.717, 1.165) is 36.2 Å². The molecular formula is C27H42N6O2Si. The second kappa shape index (κ2) is 9.10. The number of Topliss-reactive ketones (excluding diaryl/α,β-unsaturated/α-hetero) is 1. The molecule has 3 heterocycles. The Kier molecular flexibility index (Phi) is 6.71. The van der Waals surface area contributed by atoms with E-state index in [0.29, 0.717) is 29.2 Å². The number of carbonyl (C=O) groups is 1. The summed E-state index contributed by atoms with van der Waals surface area (Å²) < 4.78 is 10.5. The minimum absolute atomic E-state index is 0.0598. The van der Waals surface area contributed by atoms with Gasteiger partial charge < -0.3 is 9.74 Å². The number of carbonyl (C=O) groups excluding carboxylic acids is 1. The molecule has 1 saturated carbocycles. The van der Waals surface area contributed by atoms with Crippen LogP contribution in [0.4, 0.5) is 11.6 Å². The first-order valence-corrected chi connectivity index (χ1v) is 15.9. The van der Waals surface area contributed by atoms with Gasteiger partial charge in [0.05, 0.1) is 16.6 Å². The fraction of sp³-hybridized carbons (Fsp3) is 0.630. The second-order valence-corrected chi connectivity index (χ2v) is 17.5. The van der Waals surface area contributed by atoms with Crippen LogP contribution in [0.1, 0.15) is 89.8 Å². The highest BCUT2D eigenvalue weighted by Crippen LogP contribution is 2.43. The average Bonchev–Trinajstić information content (AvgIpc) is 3.45. The number of rotatable bonds is 6. The maximum Gasteiger partial charge on any atom is 0.192 e. The Morgan fingerprint density at radius 3 is 2.42 bits per heavy atom. The number of ketones is 1. The van der Waals surface area contributed by atoms with Gasteiger partial charge in [-0.15, -0.1) is 0 Å². The van der Waals surface area contributed by atoms with E-state index in [1.165, 1.54) is 6.92 Å². The number of aromatic nitrogens is 5. The zero-order chi connectivity index (χ0) is 26.6. The van der Waals surface area contributed by atoms with Crippen LogP contribution in [0.3, 0.4) is 0 Å². The quantitative estimate of drug-likeness (QED) is 0.300. The molecule has 9 heteroatoms. The van der Waals surface area contributed by atoms with Crippen molar-refractivity contribution < 1.29 is 9.22 Å². The van der Waals surface area contributed by atoms with Crippen LogP contribution < -0.4 is 5.32 Å². The molecule has 1 N–H and O–H groups in total. The lowest BCUT2D eigenvalue weighted by molar-refractivity contribution is 0.101. The predicted octanol–water partition coefficient (Wildman–Crippen LogP) is 6.52. The summed E-state index contributed by atoms with van der Waals surface area (Å²) in [7, 11) is 0.0475. The van der Waals surface area contributed by atoms with Gasteiger partial charge in [0.2, 0.25) is 0 Å². The third-order valence-corrected chi connectivity index (χ3v) is 12.3. The van der Waals surface area contributed by atoms with E-state index >= 15 is 0 Å². The number of hydrogen-bond donors (Lipinski definition) is 1. The molecule has 0 aliphatic heterocycles. The normalized spacial score (nSPS) is 19.3. The summed E-state index contributed by atoms with van der Waals surface area (Å²) >= 11 is 0. The molecular weight excluding hydrogens is 468 g/mol. The van der Waals surface area contributed by atoms with E-state index < -0.39 is 8.32 Å². The molecule has 3 aromatic heterocycles. The SMILES string of the molecule is CC(=O)c1ccc2c(Nc3cc([C@H]4CC[C@@H](O[Si](C)(C)C(C)(C)C)C4)nn3C(C)(C)C)nn(C)c2n1. The number of nitrogens with zero attached hydrogens (tertiary/aromatic N) is 5. The zero-order valence-corrected chi connectivity index (χ0v) is 24.6. The van der Waals surface area contributed by atoms with Gasteiger partial charge in [0.15, 0.2) is 25.6 Å². The lowest BCUT2D eigenvalue weighted by atomic mass is 10.0. The predicted molar refractivity (Wildman–Crippen MR) is 148 cm³/mol. The van der Waals surface area contributed by atoms with Crippen molar-refractivity contribution in [2.45, 2.75) is 103 Å². The van der Waals surface area contributed by atoms with E-state index in [-0.39, 0.29) is 16.4 Å². The molecule has 0 spiro atoms. The van der Waals surface area contributed by atoms with Crippen molar-refractivity contribution >= 4 is 36.8 Å². The van der Waals surface area contributed by atoms with Gasteiger partial charge >= 0.3 is 0 Å². The van der Waals surface area contributed by atoms with Crippen LogP contribution in [0, 0.1) is 0 Å². The van der Waals surface area contributed by atoms with Crippen LogP contribution in [-0.2, 0) is 17.0 Å². The highest BCUT2D eigenvalue weighted by molar-refractivity contribution is 6.74. The molecule has 3 aromatic rings. The first-order chi connectivity index (χ1) is 16.6. The maximum atomic E-state index is 11.8. The summed E-state index contributed by atoms with van der Waals surface area (Å²) in [5.41, 5.74) is 2.01. The van der Waals surface area contributed by atoms with E-state index in [4.69, 9.17) is 9.52 Å². The topological polar surface area (TPSA) is 86.9 Å². The van der Waals surface area contributed by atoms with Gasteiger partial charge in [0.25, 0.3) is 0 Å². The Bertz CT molecular complexity index is 1280. The van der Waals surface area contributed by atoms with Gasteiger partial charge in [0.1, 0.15) is 11.5 Å². The van der Waals surface area contributed by atoms with E-state index in [1.54, 1.807) is 10.7 Å². The highest BCUT2D eigenvalue weighted by Gasteiger charge is 2.41. The van der Waals surface area contributed by atoms with E-state index in [1.807, 2.05) is 13.1 Å². The Morgan fingerprint density at radius 1 is 1.11 bits per heavy atom. The van der Waals surface area contributed by atoms with E-state index in [2.05, 4.69) is 80.8 Å². The van der Waals surface area contributed by atoms with Crippen LogP contribution >= 0.6 is 0 Å². The first kappa shape index (κ1) is 26.5. The van der Waals surface area contributed by atoms with Crippen molar-refractivity contribution in [3.63, 3.8) is 0 Å². The van der Waals surface area contributed by atoms with Gasteiger partial charge in [0, 0.05) is 32.1 Å². The molecule has 0 saturated heterocycles. The van der Waals surface area contributed by atoms with Gasteiger partial charge in [-0.25, -0.2) is 14.3 Å². The summed E-state index contributed by atoms with van der Waals surface area (Å²) in [6.07, 6.45) is 3.48. The van der Waals surface area contributed by atoms with Crippen molar-refractivity contribution in [3.05, 3.63) is 29.6 Å². The second-order valence-electron chi connectivity index (χ2n) is 12.8. The molecule has 1 aliphatic rings. The molecule has 0 aromatic carbocycles. The van der Waals surface area contributed by atoms with Gasteiger partial charge in [-0.3, -0.25) is 4.79 Å². The monoisotopic (exact) mass is 510 g/mol. The summed E-state index contributed by atoms with van der Waals surface area (Å²) in [5.74, 6) is 1.93. The molecule has 0 amide bonds. The number of hydrogen-bond acceptors (Lipinski definition) is 6. The Labute approximate surface area is 215 Å². The summed E-state index contributed by atoms with van der Waals surface area (Å²) in [6.45, 7) is 19.6. The summed E-state index contributed by atoms with van der Waals surface area (Å²) in [4.78, 5) is 16.3. The summed E-state index contributed by atoms with van der Waals surface area (Å²) in [6, 6.07) is 5.83. The molecule has 36 heavy (non-hydrogen) atoms. The number of fused-ring (bicyclic) bond motifs is 1. The van der Waals surface area contributed by atoms with Gasteiger partial charge in [-0.05, 0) is 70.3 Å². The number of pyridine rings is 1. The minimum Gasteiger partial charge on any atom is -0.414 e. The van der Waals surface area contributed by atoms with Crippen LogP contribution in [0.5, 0.6) is 0 Å². The largest absolute Gasteiger partial charge is 0.414 e. The molecule has 1 aliphatic carbocycles. The Balaban J connectivity index is 1.61. The lowest BCUT2D eigenvalue weighted by Gasteiger charge is -2.38. The Morgan fingerprint density at radius 2 is 1.81 bits per heavy atom. The maximum absolute atomic E-state index is 11.8. The average molecular weight is 511 g/mol. The molecule has 0 radical (unpaired) electrons. The minimum atomic E-state index is -1.80. The van der Waals surface area contributed by atoms with E-state index in [9.17, 15) is 4.79 Å². The molecule has 0 unspecified atom stereocenters. The van der Waals surface area contributed by atoms with Crippen molar-refractivity contribution in [2.75, 3.05) is 5.32 Å². The molecule has 0 bridgehead atoms. The zero-order valence-electron chi connectivity index (χ0n) is 23.6. The van der Waals surface area contributed by atoms with Crippen molar-refractivity contribution in [2.24, 2.45) is 7.05 Å². The molecule has 4 rings (SSSR count). The Hall–Kier alpha value is -2.52. The fourth-order valence-corrected chi connectivity index (χ4v) is 6.05. The molecule has 2 atom stereocenters. The third-order valence-electron chi connectivity index (χ3n) is 7.73. The fourth-order valence-electron chi connectivity index (χ4n) is 4.65. The van der Waals surface area contributed by atoms with Crippen molar-refractivity contribution in [1.82, 2.24) is 24.5 Å². The molecule has 8 nitrogen and oxygen atoms in total. The van der Waals surface area contributed by atoms with Crippen molar-refractivity contribution in [1.29, 1.82) is 0 Å². The van der Waals surface area contributed by atoms with Gasteiger partial charge in [-0.2, -0.15) is 10.2 Å². The van der Waals surface area contributed by atoms with Crippen LogP contribution in [0.25, 0.3) is 11.0 Å². The van der Waals surface area contributed by atoms with Crippen LogP contribution in [0.15, 0.2) is 18.2 Å².